The lowest BCUT2D eigenvalue weighted by molar-refractivity contribution is 0.0689. The van der Waals surface area contributed by atoms with E-state index in [4.69, 9.17) is 21.1 Å². The van der Waals surface area contributed by atoms with E-state index in [-0.39, 0.29) is 70.4 Å². The summed E-state index contributed by atoms with van der Waals surface area (Å²) in [6.45, 7) is 5.97. The number of hydrogen-bond donors (Lipinski definition) is 2. The molecule has 0 atom stereocenters. The monoisotopic (exact) mass is 624 g/mol. The van der Waals surface area contributed by atoms with Crippen LogP contribution >= 0.6 is 11.6 Å². The number of amides is 1. The van der Waals surface area contributed by atoms with Crippen molar-refractivity contribution in [3.8, 4) is 17.3 Å². The van der Waals surface area contributed by atoms with Crippen molar-refractivity contribution in [1.29, 1.82) is 0 Å². The van der Waals surface area contributed by atoms with E-state index in [2.05, 4.69) is 10.4 Å². The minimum Gasteiger partial charge on any atom is -0.476 e. The van der Waals surface area contributed by atoms with Crippen molar-refractivity contribution >= 4 is 39.2 Å². The van der Waals surface area contributed by atoms with Crippen LogP contribution in [-0.2, 0) is 14.8 Å². The van der Waals surface area contributed by atoms with Crippen molar-refractivity contribution in [2.75, 3.05) is 31.6 Å². The van der Waals surface area contributed by atoms with Gasteiger partial charge in [-0.25, -0.2) is 13.2 Å². The van der Waals surface area contributed by atoms with Crippen molar-refractivity contribution in [3.05, 3.63) is 93.6 Å². The molecular weight excluding hydrogens is 596 g/mol. The SMILES string of the molecule is Cc1ccc(C)c(-n2nc(C(=O)O)c(C)c2Oc2ccc(NC(=O)c3ccccc3Cl)cc2S(=O)(=O)N2CCOCC2)c1. The van der Waals surface area contributed by atoms with E-state index >= 15 is 0 Å². The lowest BCUT2D eigenvalue weighted by atomic mass is 10.1. The molecule has 1 aliphatic rings. The molecule has 1 saturated heterocycles. The van der Waals surface area contributed by atoms with Crippen LogP contribution in [0.2, 0.25) is 5.02 Å². The van der Waals surface area contributed by atoms with E-state index in [0.29, 0.717) is 5.69 Å². The molecular formula is C30H29ClN4O7S. The standard InChI is InChI=1S/C30H29ClN4O7S/c1-18-8-9-19(2)24(16-18)35-29(20(3)27(33-35)30(37)38)42-25-11-10-21(32-28(36)22-6-4-5-7-23(22)31)17-26(25)43(39,40)34-12-14-41-15-13-34/h4-11,16-17H,12-15H2,1-3H3,(H,32,36)(H,37,38). The Kier molecular flexibility index (Phi) is 8.56. The molecule has 5 rings (SSSR count). The third-order valence-electron chi connectivity index (χ3n) is 6.98. The Labute approximate surface area is 253 Å². The number of carbonyl (C=O) groups excluding carboxylic acids is 1. The van der Waals surface area contributed by atoms with Gasteiger partial charge in [0.1, 0.15) is 10.6 Å². The van der Waals surface area contributed by atoms with Crippen LogP contribution < -0.4 is 10.1 Å². The van der Waals surface area contributed by atoms with Crippen molar-refractivity contribution < 1.29 is 32.6 Å². The number of nitrogens with one attached hydrogen (secondary N) is 1. The number of ether oxygens (including phenoxy) is 2. The van der Waals surface area contributed by atoms with Crippen LogP contribution in [0.5, 0.6) is 11.6 Å². The number of halogens is 1. The van der Waals surface area contributed by atoms with E-state index in [1.807, 2.05) is 32.0 Å². The summed E-state index contributed by atoms with van der Waals surface area (Å²) < 4.78 is 42.1. The number of morpholine rings is 1. The molecule has 1 amide bonds. The molecule has 0 bridgehead atoms. The second-order valence-corrected chi connectivity index (χ2v) is 12.3. The van der Waals surface area contributed by atoms with E-state index in [1.165, 1.54) is 27.2 Å². The van der Waals surface area contributed by atoms with Gasteiger partial charge in [-0.2, -0.15) is 14.1 Å². The summed E-state index contributed by atoms with van der Waals surface area (Å²) in [5.41, 5.74) is 2.66. The molecule has 1 aliphatic heterocycles. The highest BCUT2D eigenvalue weighted by Gasteiger charge is 2.32. The summed E-state index contributed by atoms with van der Waals surface area (Å²) in [6.07, 6.45) is 0. The van der Waals surface area contributed by atoms with Crippen LogP contribution in [0, 0.1) is 20.8 Å². The fraction of sp³-hybridized carbons (Fsp3) is 0.233. The lowest BCUT2D eigenvalue weighted by Gasteiger charge is -2.27. The van der Waals surface area contributed by atoms with Gasteiger partial charge in [0.05, 0.1) is 29.5 Å². The number of nitrogens with zero attached hydrogens (tertiary/aromatic N) is 3. The van der Waals surface area contributed by atoms with Crippen molar-refractivity contribution in [2.24, 2.45) is 0 Å². The van der Waals surface area contributed by atoms with Gasteiger partial charge in [-0.3, -0.25) is 4.79 Å². The molecule has 2 N–H and O–H groups in total. The molecule has 0 aliphatic carbocycles. The first-order valence-electron chi connectivity index (χ1n) is 13.3. The summed E-state index contributed by atoms with van der Waals surface area (Å²) in [7, 11) is -4.15. The number of rotatable bonds is 8. The van der Waals surface area contributed by atoms with Crippen LogP contribution in [-0.4, -0.2) is 65.8 Å². The Morgan fingerprint density at radius 2 is 1.74 bits per heavy atom. The molecule has 1 aromatic heterocycles. The predicted octanol–water partition coefficient (Wildman–Crippen LogP) is 5.21. The zero-order valence-electron chi connectivity index (χ0n) is 23.6. The number of anilines is 1. The Morgan fingerprint density at radius 3 is 2.44 bits per heavy atom. The average Bonchev–Trinajstić information content (AvgIpc) is 3.31. The molecule has 0 saturated carbocycles. The number of hydrogen-bond acceptors (Lipinski definition) is 7. The molecule has 2 heterocycles. The Balaban J connectivity index is 1.63. The zero-order valence-corrected chi connectivity index (χ0v) is 25.2. The van der Waals surface area contributed by atoms with Gasteiger partial charge in [0.15, 0.2) is 5.69 Å². The summed E-state index contributed by atoms with van der Waals surface area (Å²) in [5.74, 6) is -1.82. The highest BCUT2D eigenvalue weighted by atomic mass is 35.5. The maximum atomic E-state index is 14.0. The second-order valence-electron chi connectivity index (χ2n) is 10.00. The molecule has 43 heavy (non-hydrogen) atoms. The van der Waals surface area contributed by atoms with Gasteiger partial charge in [-0.1, -0.05) is 35.9 Å². The topological polar surface area (TPSA) is 140 Å². The normalized spacial score (nSPS) is 14.0. The predicted molar refractivity (Wildman–Crippen MR) is 160 cm³/mol. The fourth-order valence-electron chi connectivity index (χ4n) is 4.66. The van der Waals surface area contributed by atoms with Gasteiger partial charge >= 0.3 is 5.97 Å². The van der Waals surface area contributed by atoms with Gasteiger partial charge in [0.2, 0.25) is 15.9 Å². The first-order chi connectivity index (χ1) is 20.5. The summed E-state index contributed by atoms with van der Waals surface area (Å²) in [4.78, 5) is 24.8. The zero-order chi connectivity index (χ0) is 30.9. The fourth-order valence-corrected chi connectivity index (χ4v) is 6.43. The summed E-state index contributed by atoms with van der Waals surface area (Å²) >= 11 is 6.19. The smallest absolute Gasteiger partial charge is 0.356 e. The molecule has 0 spiro atoms. The Bertz CT molecular complexity index is 1830. The van der Waals surface area contributed by atoms with Gasteiger partial charge in [-0.05, 0) is 68.3 Å². The van der Waals surface area contributed by atoms with Gasteiger partial charge in [0, 0.05) is 24.3 Å². The maximum Gasteiger partial charge on any atom is 0.356 e. The molecule has 13 heteroatoms. The lowest BCUT2D eigenvalue weighted by Crippen LogP contribution is -2.40. The number of carboxylic acids is 1. The van der Waals surface area contributed by atoms with Crippen molar-refractivity contribution in [3.63, 3.8) is 0 Å². The minimum absolute atomic E-state index is 0.0392. The van der Waals surface area contributed by atoms with E-state index in [0.717, 1.165) is 11.1 Å². The minimum atomic E-state index is -4.15. The largest absolute Gasteiger partial charge is 0.476 e. The number of aryl methyl sites for hydroxylation is 2. The molecule has 0 unspecified atom stereocenters. The van der Waals surface area contributed by atoms with E-state index in [9.17, 15) is 23.1 Å². The van der Waals surface area contributed by atoms with Crippen LogP contribution in [0.25, 0.3) is 5.69 Å². The van der Waals surface area contributed by atoms with Gasteiger partial charge in [-0.15, -0.1) is 0 Å². The third kappa shape index (κ3) is 6.13. The number of carboxylic acid groups (broad SMARTS) is 1. The van der Waals surface area contributed by atoms with Gasteiger partial charge < -0.3 is 19.9 Å². The number of aromatic carboxylic acids is 1. The third-order valence-corrected chi connectivity index (χ3v) is 9.23. The average molecular weight is 625 g/mol. The summed E-state index contributed by atoms with van der Waals surface area (Å²) in [5, 5.41) is 17.1. The second kappa shape index (κ2) is 12.2. The van der Waals surface area contributed by atoms with Gasteiger partial charge in [0.25, 0.3) is 5.91 Å². The molecule has 11 nitrogen and oxygen atoms in total. The number of carbonyl (C=O) groups is 2. The maximum absolute atomic E-state index is 14.0. The quantitative estimate of drug-likeness (QED) is 0.272. The first-order valence-corrected chi connectivity index (χ1v) is 15.2. The van der Waals surface area contributed by atoms with E-state index in [1.54, 1.807) is 31.2 Å². The molecule has 3 aromatic carbocycles. The summed E-state index contributed by atoms with van der Waals surface area (Å²) in [6, 6.07) is 16.3. The molecule has 0 radical (unpaired) electrons. The molecule has 224 valence electrons. The van der Waals surface area contributed by atoms with Crippen LogP contribution in [0.4, 0.5) is 5.69 Å². The highest BCUT2D eigenvalue weighted by molar-refractivity contribution is 7.89. The van der Waals surface area contributed by atoms with E-state index < -0.39 is 21.9 Å². The number of aromatic nitrogens is 2. The first kappa shape index (κ1) is 30.2. The Morgan fingerprint density at radius 1 is 1.02 bits per heavy atom. The van der Waals surface area contributed by atoms with Crippen LogP contribution in [0.15, 0.2) is 65.6 Å². The van der Waals surface area contributed by atoms with Crippen molar-refractivity contribution in [2.45, 2.75) is 25.7 Å². The molecule has 1 fully saturated rings. The molecule has 4 aromatic rings. The highest BCUT2D eigenvalue weighted by Crippen LogP contribution is 2.37. The van der Waals surface area contributed by atoms with Crippen molar-refractivity contribution in [1.82, 2.24) is 14.1 Å². The number of sulfonamides is 1. The number of benzene rings is 3. The van der Waals surface area contributed by atoms with Crippen LogP contribution in [0.3, 0.4) is 0 Å². The van der Waals surface area contributed by atoms with Crippen LogP contribution in [0.1, 0.15) is 37.5 Å². The Hall–Kier alpha value is -4.23.